The maximum absolute atomic E-state index is 13.3. The molecule has 0 aliphatic heterocycles. The maximum atomic E-state index is 13.3. The highest BCUT2D eigenvalue weighted by Crippen LogP contribution is 2.57. The Labute approximate surface area is 247 Å². The van der Waals surface area contributed by atoms with E-state index in [4.69, 9.17) is 21.3 Å². The number of benzene rings is 3. The minimum atomic E-state index is -4.56. The second kappa shape index (κ2) is 11.0. The van der Waals surface area contributed by atoms with Crippen molar-refractivity contribution in [3.05, 3.63) is 86.6 Å². The molecule has 3 aromatic carbocycles. The van der Waals surface area contributed by atoms with Crippen LogP contribution in [0.2, 0.25) is 5.02 Å². The fourth-order valence-corrected chi connectivity index (χ4v) is 5.11. The second-order valence-corrected chi connectivity index (χ2v) is 11.3. The summed E-state index contributed by atoms with van der Waals surface area (Å²) in [7, 11) is 3.31. The molecule has 7 nitrogen and oxygen atoms in total. The average Bonchev–Trinajstić information content (AvgIpc) is 3.71. The molecule has 0 atom stereocenters. The minimum Gasteiger partial charge on any atom is -0.496 e. The molecule has 0 unspecified atom stereocenters. The van der Waals surface area contributed by atoms with Crippen molar-refractivity contribution < 1.29 is 27.5 Å². The number of methoxy groups -OCH3 is 1. The first-order chi connectivity index (χ1) is 19.4. The Hall–Kier alpha value is -3.57. The van der Waals surface area contributed by atoms with Gasteiger partial charge in [-0.3, -0.25) is 9.59 Å². The van der Waals surface area contributed by atoms with E-state index in [1.165, 1.54) is 7.11 Å². The molecule has 0 bridgehead atoms. The van der Waals surface area contributed by atoms with Crippen molar-refractivity contribution in [3.63, 3.8) is 0 Å². The zero-order valence-electron chi connectivity index (χ0n) is 22.0. The lowest BCUT2D eigenvalue weighted by Crippen LogP contribution is -2.40. The van der Waals surface area contributed by atoms with Crippen LogP contribution < -0.4 is 15.4 Å². The van der Waals surface area contributed by atoms with Gasteiger partial charge in [-0.15, -0.1) is 0 Å². The summed E-state index contributed by atoms with van der Waals surface area (Å²) in [5.41, 5.74) is 1.28. The van der Waals surface area contributed by atoms with Gasteiger partial charge < -0.3 is 19.9 Å². The van der Waals surface area contributed by atoms with E-state index < -0.39 is 17.5 Å². The second-order valence-electron chi connectivity index (χ2n) is 9.95. The number of carbonyl (C=O) groups is 2. The largest absolute Gasteiger partial charge is 0.496 e. The predicted octanol–water partition coefficient (Wildman–Crippen LogP) is 6.80. The molecule has 1 saturated carbocycles. The zero-order chi connectivity index (χ0) is 29.5. The number of aromatic nitrogens is 2. The Morgan fingerprint density at radius 3 is 2.46 bits per heavy atom. The first kappa shape index (κ1) is 28.9. The number of nitrogens with one attached hydrogen (secondary N) is 2. The van der Waals surface area contributed by atoms with Crippen LogP contribution in [0, 0.1) is 5.41 Å². The van der Waals surface area contributed by atoms with Gasteiger partial charge in [-0.05, 0) is 60.4 Å². The Morgan fingerprint density at radius 1 is 1.12 bits per heavy atom. The van der Waals surface area contributed by atoms with Crippen LogP contribution in [0.4, 0.5) is 18.9 Å². The number of imidazole rings is 1. The van der Waals surface area contributed by atoms with Crippen molar-refractivity contribution in [2.75, 3.05) is 12.4 Å². The SMILES string of the molecule is COc1cc2c(cc1C(=O)Nc1ccc(Br)cc1)nc(Cc1cc(CNC(=O)C3(C(F)(F)F)CC3)ccc1Cl)n2C. The highest BCUT2D eigenvalue weighted by atomic mass is 79.9. The first-order valence-corrected chi connectivity index (χ1v) is 13.8. The molecule has 0 radical (unpaired) electrons. The summed E-state index contributed by atoms with van der Waals surface area (Å²) in [6.07, 6.45) is -4.65. The maximum Gasteiger partial charge on any atom is 0.403 e. The van der Waals surface area contributed by atoms with Gasteiger partial charge in [0.2, 0.25) is 5.91 Å². The van der Waals surface area contributed by atoms with E-state index in [-0.39, 0.29) is 25.3 Å². The van der Waals surface area contributed by atoms with E-state index in [9.17, 15) is 22.8 Å². The predicted molar refractivity (Wildman–Crippen MR) is 153 cm³/mol. The summed E-state index contributed by atoms with van der Waals surface area (Å²) in [6, 6.07) is 15.6. The molecule has 2 amide bonds. The van der Waals surface area contributed by atoms with Crippen molar-refractivity contribution in [2.45, 2.75) is 32.0 Å². The Bertz CT molecular complexity index is 1650. The van der Waals surface area contributed by atoms with Crippen molar-refractivity contribution in [1.29, 1.82) is 0 Å². The Morgan fingerprint density at radius 2 is 1.83 bits per heavy atom. The normalized spacial score (nSPS) is 14.1. The van der Waals surface area contributed by atoms with Gasteiger partial charge in [0, 0.05) is 41.3 Å². The summed E-state index contributed by atoms with van der Waals surface area (Å²) in [5, 5.41) is 5.73. The molecule has 1 fully saturated rings. The van der Waals surface area contributed by atoms with Gasteiger partial charge in [0.05, 0.1) is 23.7 Å². The summed E-state index contributed by atoms with van der Waals surface area (Å²) >= 11 is 9.83. The van der Waals surface area contributed by atoms with Crippen LogP contribution >= 0.6 is 27.5 Å². The Balaban J connectivity index is 1.36. The van der Waals surface area contributed by atoms with E-state index in [1.807, 2.05) is 23.7 Å². The standard InChI is InChI=1S/C29H25BrClF3N4O3/c1-38-23-14-24(41-2)20(26(39)36-19-6-4-18(30)5-7-19)13-22(23)37-25(38)12-17-11-16(3-8-21(17)31)15-35-27(40)28(9-10-28)29(32,33)34/h3-8,11,13-14H,9-10,12,15H2,1-2H3,(H,35,40)(H,36,39). The van der Waals surface area contributed by atoms with Crippen LogP contribution in [-0.4, -0.2) is 34.7 Å². The van der Waals surface area contributed by atoms with Gasteiger partial charge in [0.15, 0.2) is 0 Å². The monoisotopic (exact) mass is 648 g/mol. The molecule has 1 aliphatic carbocycles. The van der Waals surface area contributed by atoms with Crippen LogP contribution in [-0.2, 0) is 24.8 Å². The lowest BCUT2D eigenvalue weighted by molar-refractivity contribution is -0.192. The average molecular weight is 650 g/mol. The molecule has 214 valence electrons. The summed E-state index contributed by atoms with van der Waals surface area (Å²) in [6.45, 7) is -0.0581. The number of carbonyl (C=O) groups excluding carboxylic acids is 2. The molecule has 1 aliphatic rings. The highest BCUT2D eigenvalue weighted by molar-refractivity contribution is 9.10. The molecule has 4 aromatic rings. The molecule has 0 spiro atoms. The van der Waals surface area contributed by atoms with E-state index in [1.54, 1.807) is 42.5 Å². The van der Waals surface area contributed by atoms with E-state index in [0.29, 0.717) is 50.9 Å². The molecule has 0 saturated heterocycles. The van der Waals surface area contributed by atoms with Crippen LogP contribution in [0.5, 0.6) is 5.75 Å². The number of rotatable bonds is 8. The fraction of sp³-hybridized carbons (Fsp3) is 0.276. The number of fused-ring (bicyclic) bond motifs is 1. The van der Waals surface area contributed by atoms with Crippen LogP contribution in [0.1, 0.15) is 40.2 Å². The van der Waals surface area contributed by atoms with Gasteiger partial charge in [-0.2, -0.15) is 13.2 Å². The number of halogens is 5. The molecular weight excluding hydrogens is 625 g/mol. The molecule has 1 heterocycles. The number of alkyl halides is 3. The van der Waals surface area contributed by atoms with Gasteiger partial charge in [-0.25, -0.2) is 4.98 Å². The molecule has 12 heteroatoms. The quantitative estimate of drug-likeness (QED) is 0.220. The van der Waals surface area contributed by atoms with E-state index in [0.717, 1.165) is 9.99 Å². The number of ether oxygens (including phenoxy) is 1. The lowest BCUT2D eigenvalue weighted by Gasteiger charge is -2.18. The van der Waals surface area contributed by atoms with Crippen molar-refractivity contribution >= 4 is 56.1 Å². The van der Waals surface area contributed by atoms with Gasteiger partial charge in [0.1, 0.15) is 17.0 Å². The van der Waals surface area contributed by atoms with E-state index >= 15 is 0 Å². The molecule has 5 rings (SSSR count). The number of nitrogens with zero attached hydrogens (tertiary/aromatic N) is 2. The Kier molecular flexibility index (Phi) is 7.78. The summed E-state index contributed by atoms with van der Waals surface area (Å²) in [5.74, 6) is -0.338. The minimum absolute atomic E-state index is 0.0581. The number of aryl methyl sites for hydroxylation is 1. The summed E-state index contributed by atoms with van der Waals surface area (Å²) in [4.78, 5) is 30.1. The van der Waals surface area contributed by atoms with Gasteiger partial charge >= 0.3 is 6.18 Å². The molecule has 1 aromatic heterocycles. The van der Waals surface area contributed by atoms with Crippen LogP contribution in [0.25, 0.3) is 11.0 Å². The van der Waals surface area contributed by atoms with Crippen LogP contribution in [0.15, 0.2) is 59.1 Å². The van der Waals surface area contributed by atoms with Gasteiger partial charge in [0.25, 0.3) is 5.91 Å². The lowest BCUT2D eigenvalue weighted by atomic mass is 10.0. The first-order valence-electron chi connectivity index (χ1n) is 12.6. The molecule has 41 heavy (non-hydrogen) atoms. The molecule has 2 N–H and O–H groups in total. The third kappa shape index (κ3) is 5.78. The van der Waals surface area contributed by atoms with Crippen molar-refractivity contribution in [1.82, 2.24) is 14.9 Å². The topological polar surface area (TPSA) is 85.2 Å². The van der Waals surface area contributed by atoms with E-state index in [2.05, 4.69) is 26.6 Å². The van der Waals surface area contributed by atoms with Crippen molar-refractivity contribution in [3.8, 4) is 5.75 Å². The third-order valence-corrected chi connectivity index (χ3v) is 8.18. The smallest absolute Gasteiger partial charge is 0.403 e. The third-order valence-electron chi connectivity index (χ3n) is 7.28. The number of anilines is 1. The summed E-state index contributed by atoms with van der Waals surface area (Å²) < 4.78 is 48.1. The fourth-order valence-electron chi connectivity index (χ4n) is 4.66. The van der Waals surface area contributed by atoms with Gasteiger partial charge in [-0.1, -0.05) is 39.7 Å². The zero-order valence-corrected chi connectivity index (χ0v) is 24.4. The van der Waals surface area contributed by atoms with Crippen molar-refractivity contribution in [2.24, 2.45) is 12.5 Å². The number of amides is 2. The number of hydrogen-bond donors (Lipinski definition) is 2. The van der Waals surface area contributed by atoms with Crippen LogP contribution in [0.3, 0.4) is 0 Å². The number of hydrogen-bond acceptors (Lipinski definition) is 4. The highest BCUT2D eigenvalue weighted by Gasteiger charge is 2.68. The molecular formula is C29H25BrClF3N4O3.